The Bertz CT molecular complexity index is 2020. The van der Waals surface area contributed by atoms with E-state index in [0.717, 1.165) is 58.4 Å². The van der Waals surface area contributed by atoms with Crippen LogP contribution in [0.15, 0.2) is 115 Å². The predicted molar refractivity (Wildman–Crippen MR) is 193 cm³/mol. The summed E-state index contributed by atoms with van der Waals surface area (Å²) < 4.78 is 101. The number of carbonyl (C=O) groups excluding carboxylic acids is 4. The molecule has 0 atom stereocenters. The minimum Gasteiger partial charge on any atom is -0.457 e. The van der Waals surface area contributed by atoms with E-state index in [1.54, 1.807) is 0 Å². The van der Waals surface area contributed by atoms with Gasteiger partial charge in [0, 0.05) is 42.2 Å². The number of carbonyl (C=O) groups is 4. The average molecular weight is 994 g/mol. The van der Waals surface area contributed by atoms with Crippen LogP contribution in [0.25, 0.3) is 0 Å². The van der Waals surface area contributed by atoms with Gasteiger partial charge in [0.25, 0.3) is 23.6 Å². The molecule has 0 bridgehead atoms. The highest BCUT2D eigenvalue weighted by atomic mass is 79.9. The molecule has 18 heteroatoms. The Hall–Kier alpha value is -4.26. The number of alkyl halides is 6. The number of hydrogen-bond acceptors (Lipinski definition) is 6. The first-order chi connectivity index (χ1) is 24.8. The number of ether oxygens (including phenoxy) is 2. The van der Waals surface area contributed by atoms with Crippen LogP contribution in [0.5, 0.6) is 23.0 Å². The number of anilines is 2. The lowest BCUT2D eigenvalue weighted by atomic mass is 9.73. The van der Waals surface area contributed by atoms with Crippen LogP contribution in [0.1, 0.15) is 11.1 Å². The predicted octanol–water partition coefficient (Wildman–Crippen LogP) is 10.6. The van der Waals surface area contributed by atoms with E-state index in [4.69, 9.17) is 9.47 Å². The molecule has 0 N–H and O–H groups in total. The molecule has 0 unspecified atom stereocenters. The SMILES string of the molecule is O=C1C=CC(=O)N1c1c(Br)cc(Oc2ccc(C(c3ccc(Oc4cc(Br)c(N5C(=O)C=CC5=O)c(Br)c4)cc3)(C(F)(F)F)C(F)(F)F)cc2)cc1Br. The first-order valence-corrected chi connectivity index (χ1v) is 17.8. The Morgan fingerprint density at radius 3 is 0.943 bits per heavy atom. The molecular weight excluding hydrogens is 978 g/mol. The molecule has 6 rings (SSSR count). The van der Waals surface area contributed by atoms with E-state index in [9.17, 15) is 45.5 Å². The Morgan fingerprint density at radius 1 is 0.434 bits per heavy atom. The molecular formula is C35H16Br4F6N2O6. The zero-order valence-corrected chi connectivity index (χ0v) is 32.2. The summed E-state index contributed by atoms with van der Waals surface area (Å²) in [4.78, 5) is 50.4. The number of nitrogens with zero attached hydrogens (tertiary/aromatic N) is 2. The number of benzene rings is 4. The van der Waals surface area contributed by atoms with Crippen LogP contribution in [0.2, 0.25) is 0 Å². The summed E-state index contributed by atoms with van der Waals surface area (Å²) in [5.41, 5.74) is -6.43. The van der Waals surface area contributed by atoms with Crippen LogP contribution in [0, 0.1) is 0 Å². The molecule has 2 aliphatic rings. The lowest BCUT2D eigenvalue weighted by Gasteiger charge is -2.38. The van der Waals surface area contributed by atoms with Crippen molar-refractivity contribution in [1.29, 1.82) is 0 Å². The summed E-state index contributed by atoms with van der Waals surface area (Å²) in [7, 11) is 0. The first-order valence-electron chi connectivity index (χ1n) is 14.6. The van der Waals surface area contributed by atoms with Crippen molar-refractivity contribution in [3.63, 3.8) is 0 Å². The molecule has 0 aromatic heterocycles. The number of rotatable bonds is 8. The lowest BCUT2D eigenvalue weighted by molar-refractivity contribution is -0.288. The standard InChI is InChI=1S/C35H16Br4F6N2O6/c36-23-13-21(14-24(37)31(23)46-27(48)9-10-28(46)49)52-19-5-1-17(2-6-19)33(34(40,41)42,35(43,44)45)18-3-7-20(8-4-18)53-22-15-25(38)32(26(39)16-22)47-29(50)11-12-30(47)51/h1-16H. The molecule has 0 saturated heterocycles. The summed E-state index contributed by atoms with van der Waals surface area (Å²) in [6, 6.07) is 11.9. The van der Waals surface area contributed by atoms with Gasteiger partial charge in [-0.25, -0.2) is 9.80 Å². The largest absolute Gasteiger partial charge is 0.457 e. The molecule has 0 spiro atoms. The highest BCUT2D eigenvalue weighted by Crippen LogP contribution is 2.56. The summed E-state index contributed by atoms with van der Waals surface area (Å²) in [5.74, 6) is -2.46. The van der Waals surface area contributed by atoms with Crippen LogP contribution >= 0.6 is 63.7 Å². The van der Waals surface area contributed by atoms with Crippen molar-refractivity contribution in [2.24, 2.45) is 0 Å². The monoisotopic (exact) mass is 990 g/mol. The van der Waals surface area contributed by atoms with Crippen molar-refractivity contribution in [3.05, 3.63) is 126 Å². The number of halogens is 10. The second-order valence-electron chi connectivity index (χ2n) is 11.2. The maximum absolute atomic E-state index is 14.8. The van der Waals surface area contributed by atoms with E-state index in [0.29, 0.717) is 24.3 Å². The van der Waals surface area contributed by atoms with Gasteiger partial charge in [-0.3, -0.25) is 19.2 Å². The average Bonchev–Trinajstić information content (AvgIpc) is 3.56. The maximum Gasteiger partial charge on any atom is 0.411 e. The van der Waals surface area contributed by atoms with E-state index >= 15 is 0 Å². The third kappa shape index (κ3) is 6.97. The van der Waals surface area contributed by atoms with E-state index < -0.39 is 52.5 Å². The van der Waals surface area contributed by atoms with Gasteiger partial charge in [-0.15, -0.1) is 0 Å². The van der Waals surface area contributed by atoms with Crippen molar-refractivity contribution in [1.82, 2.24) is 0 Å². The number of amides is 4. The van der Waals surface area contributed by atoms with Gasteiger partial charge in [-0.05, 0) is 123 Å². The highest BCUT2D eigenvalue weighted by Gasteiger charge is 2.72. The van der Waals surface area contributed by atoms with Crippen molar-refractivity contribution in [2.45, 2.75) is 17.8 Å². The van der Waals surface area contributed by atoms with Crippen molar-refractivity contribution < 1.29 is 55.0 Å². The molecule has 8 nitrogen and oxygen atoms in total. The number of hydrogen-bond donors (Lipinski definition) is 0. The molecule has 0 fully saturated rings. The van der Waals surface area contributed by atoms with E-state index in [-0.39, 0.29) is 52.3 Å². The molecule has 272 valence electrons. The Kier molecular flexibility index (Phi) is 10.3. The van der Waals surface area contributed by atoms with Crippen molar-refractivity contribution in [3.8, 4) is 23.0 Å². The van der Waals surface area contributed by atoms with Gasteiger partial charge in [0.1, 0.15) is 23.0 Å². The normalized spacial score (nSPS) is 14.9. The Balaban J connectivity index is 1.28. The zero-order valence-electron chi connectivity index (χ0n) is 25.9. The van der Waals surface area contributed by atoms with Gasteiger partial charge >= 0.3 is 12.4 Å². The Morgan fingerprint density at radius 2 is 0.698 bits per heavy atom. The van der Waals surface area contributed by atoms with E-state index in [2.05, 4.69) is 63.7 Å². The molecule has 0 saturated carbocycles. The Labute approximate surface area is 328 Å². The van der Waals surface area contributed by atoms with Crippen LogP contribution in [0.4, 0.5) is 37.7 Å². The van der Waals surface area contributed by atoms with Crippen molar-refractivity contribution >= 4 is 98.7 Å². The fraction of sp³-hybridized carbons (Fsp3) is 0.0857. The molecule has 2 heterocycles. The highest BCUT2D eigenvalue weighted by molar-refractivity contribution is 9.11. The molecule has 4 amide bonds. The van der Waals surface area contributed by atoms with Gasteiger partial charge in [-0.2, -0.15) is 26.3 Å². The van der Waals surface area contributed by atoms with Crippen molar-refractivity contribution in [2.75, 3.05) is 9.80 Å². The number of imide groups is 2. The quantitative estimate of drug-likeness (QED) is 0.129. The minimum atomic E-state index is -5.87. The summed E-state index contributed by atoms with van der Waals surface area (Å²) in [5, 5.41) is 0. The first kappa shape index (κ1) is 38.5. The second kappa shape index (κ2) is 14.2. The maximum atomic E-state index is 14.8. The molecule has 2 aliphatic heterocycles. The van der Waals surface area contributed by atoms with E-state index in [1.165, 1.54) is 24.3 Å². The van der Waals surface area contributed by atoms with Gasteiger partial charge in [0.15, 0.2) is 0 Å². The topological polar surface area (TPSA) is 93.2 Å². The third-order valence-electron chi connectivity index (χ3n) is 7.94. The molecule has 0 radical (unpaired) electrons. The van der Waals surface area contributed by atoms with E-state index in [1.807, 2.05) is 0 Å². The summed E-state index contributed by atoms with van der Waals surface area (Å²) in [6.45, 7) is 0. The second-order valence-corrected chi connectivity index (χ2v) is 14.6. The van der Waals surface area contributed by atoms with Crippen LogP contribution in [0.3, 0.4) is 0 Å². The zero-order chi connectivity index (χ0) is 38.6. The van der Waals surface area contributed by atoms with Gasteiger partial charge in [0.05, 0.1) is 11.4 Å². The van der Waals surface area contributed by atoms with Gasteiger partial charge in [-0.1, -0.05) is 24.3 Å². The van der Waals surface area contributed by atoms with Crippen LogP contribution < -0.4 is 19.3 Å². The summed E-state index contributed by atoms with van der Waals surface area (Å²) >= 11 is 13.0. The lowest BCUT2D eigenvalue weighted by Crippen LogP contribution is -2.54. The smallest absolute Gasteiger partial charge is 0.411 e. The van der Waals surface area contributed by atoms with Crippen LogP contribution in [-0.2, 0) is 24.6 Å². The molecule has 4 aromatic rings. The minimum absolute atomic E-state index is 0.0736. The fourth-order valence-electron chi connectivity index (χ4n) is 5.67. The molecule has 0 aliphatic carbocycles. The summed E-state index contributed by atoms with van der Waals surface area (Å²) in [6.07, 6.45) is -7.40. The third-order valence-corrected chi connectivity index (χ3v) is 10.4. The fourth-order valence-corrected chi connectivity index (χ4v) is 8.67. The van der Waals surface area contributed by atoms with Crippen LogP contribution in [-0.4, -0.2) is 36.0 Å². The van der Waals surface area contributed by atoms with Gasteiger partial charge in [0.2, 0.25) is 5.41 Å². The molecule has 4 aromatic carbocycles. The van der Waals surface area contributed by atoms with Gasteiger partial charge < -0.3 is 9.47 Å². The molecule has 53 heavy (non-hydrogen) atoms.